The number of nitrogens with one attached hydrogen (secondary N) is 1. The molecule has 1 aliphatic heterocycles. The van der Waals surface area contributed by atoms with Crippen LogP contribution in [0, 0.1) is 0 Å². The summed E-state index contributed by atoms with van der Waals surface area (Å²) in [5.74, 6) is 0.0772. The van der Waals surface area contributed by atoms with Crippen molar-refractivity contribution in [2.75, 3.05) is 20.3 Å². The van der Waals surface area contributed by atoms with Crippen LogP contribution < -0.4 is 0 Å². The summed E-state index contributed by atoms with van der Waals surface area (Å²) in [4.78, 5) is 12.1. The number of nitrogens with zero attached hydrogens (tertiary/aromatic N) is 1. The van der Waals surface area contributed by atoms with Gasteiger partial charge < -0.3 is 9.47 Å². The van der Waals surface area contributed by atoms with Crippen molar-refractivity contribution in [3.8, 4) is 11.1 Å². The van der Waals surface area contributed by atoms with Gasteiger partial charge in [-0.3, -0.25) is 5.10 Å². The fraction of sp³-hybridized carbons (Fsp3) is 0.375. The summed E-state index contributed by atoms with van der Waals surface area (Å²) >= 11 is 0. The molecule has 110 valence electrons. The Balaban J connectivity index is 2.12. The molecule has 0 radical (unpaired) electrons. The van der Waals surface area contributed by atoms with Crippen molar-refractivity contribution < 1.29 is 14.3 Å². The molecular weight excluding hydrogens is 268 g/mol. The van der Waals surface area contributed by atoms with E-state index < -0.39 is 0 Å². The van der Waals surface area contributed by atoms with Crippen molar-refractivity contribution >= 4 is 5.97 Å². The molecule has 2 aromatic rings. The Hall–Kier alpha value is -2.14. The van der Waals surface area contributed by atoms with Crippen molar-refractivity contribution in [2.24, 2.45) is 0 Å². The fourth-order valence-corrected chi connectivity index (χ4v) is 2.91. The van der Waals surface area contributed by atoms with Crippen molar-refractivity contribution in [3.63, 3.8) is 0 Å². The molecule has 0 saturated carbocycles. The molecule has 21 heavy (non-hydrogen) atoms. The Morgan fingerprint density at radius 2 is 2.19 bits per heavy atom. The van der Waals surface area contributed by atoms with Crippen LogP contribution in [0.15, 0.2) is 30.6 Å². The SMILES string of the molecule is COC(=O)c1cccc(C2CCOCC2)c1-c1cn[nH]c1. The molecule has 5 nitrogen and oxygen atoms in total. The maximum Gasteiger partial charge on any atom is 0.338 e. The van der Waals surface area contributed by atoms with E-state index in [-0.39, 0.29) is 5.97 Å². The first-order valence-corrected chi connectivity index (χ1v) is 7.09. The summed E-state index contributed by atoms with van der Waals surface area (Å²) in [6.07, 6.45) is 5.49. The van der Waals surface area contributed by atoms with E-state index in [0.29, 0.717) is 11.5 Å². The van der Waals surface area contributed by atoms with Gasteiger partial charge in [-0.1, -0.05) is 12.1 Å². The second-order valence-corrected chi connectivity index (χ2v) is 5.14. The third-order valence-electron chi connectivity index (χ3n) is 3.95. The van der Waals surface area contributed by atoms with Gasteiger partial charge in [0.2, 0.25) is 0 Å². The highest BCUT2D eigenvalue weighted by molar-refractivity contribution is 5.98. The number of esters is 1. The minimum Gasteiger partial charge on any atom is -0.465 e. The molecule has 1 aromatic heterocycles. The number of hydrogen-bond donors (Lipinski definition) is 1. The van der Waals surface area contributed by atoms with Crippen molar-refractivity contribution in [1.82, 2.24) is 10.2 Å². The lowest BCUT2D eigenvalue weighted by Crippen LogP contribution is -2.16. The first kappa shape index (κ1) is 13.8. The van der Waals surface area contributed by atoms with Crippen LogP contribution in [-0.4, -0.2) is 36.5 Å². The summed E-state index contributed by atoms with van der Waals surface area (Å²) in [6.45, 7) is 1.52. The maximum atomic E-state index is 12.1. The lowest BCUT2D eigenvalue weighted by molar-refractivity contribution is 0.0601. The molecule has 0 unspecified atom stereocenters. The minimum absolute atomic E-state index is 0.319. The van der Waals surface area contributed by atoms with E-state index >= 15 is 0 Å². The van der Waals surface area contributed by atoms with E-state index in [1.54, 1.807) is 12.3 Å². The normalized spacial score (nSPS) is 15.9. The van der Waals surface area contributed by atoms with Gasteiger partial charge in [-0.05, 0) is 30.4 Å². The highest BCUT2D eigenvalue weighted by Gasteiger charge is 2.24. The summed E-state index contributed by atoms with van der Waals surface area (Å²) in [5, 5.41) is 6.82. The molecule has 1 aromatic carbocycles. The van der Waals surface area contributed by atoms with E-state index in [2.05, 4.69) is 16.3 Å². The van der Waals surface area contributed by atoms with Crippen LogP contribution in [0.25, 0.3) is 11.1 Å². The van der Waals surface area contributed by atoms with Crippen molar-refractivity contribution in [2.45, 2.75) is 18.8 Å². The van der Waals surface area contributed by atoms with Crippen LogP contribution in [0.5, 0.6) is 0 Å². The third kappa shape index (κ3) is 2.69. The quantitative estimate of drug-likeness (QED) is 0.881. The Morgan fingerprint density at radius 1 is 1.38 bits per heavy atom. The van der Waals surface area contributed by atoms with E-state index in [1.807, 2.05) is 12.3 Å². The average molecular weight is 286 g/mol. The second kappa shape index (κ2) is 6.10. The van der Waals surface area contributed by atoms with Crippen molar-refractivity contribution in [3.05, 3.63) is 41.7 Å². The van der Waals surface area contributed by atoms with Gasteiger partial charge >= 0.3 is 5.97 Å². The molecule has 1 aliphatic rings. The fourth-order valence-electron chi connectivity index (χ4n) is 2.91. The zero-order chi connectivity index (χ0) is 14.7. The Labute approximate surface area is 123 Å². The molecule has 1 saturated heterocycles. The number of carbonyl (C=O) groups excluding carboxylic acids is 1. The molecule has 0 aliphatic carbocycles. The molecule has 3 rings (SSSR count). The zero-order valence-electron chi connectivity index (χ0n) is 12.0. The second-order valence-electron chi connectivity index (χ2n) is 5.14. The van der Waals surface area contributed by atoms with Gasteiger partial charge in [0.25, 0.3) is 0 Å². The van der Waals surface area contributed by atoms with Gasteiger partial charge in [-0.15, -0.1) is 0 Å². The maximum absolute atomic E-state index is 12.1. The monoisotopic (exact) mass is 286 g/mol. The summed E-state index contributed by atoms with van der Waals surface area (Å²) in [6, 6.07) is 5.81. The number of aromatic nitrogens is 2. The molecule has 0 amide bonds. The first-order valence-electron chi connectivity index (χ1n) is 7.09. The molecular formula is C16H18N2O3. The average Bonchev–Trinajstić information content (AvgIpc) is 3.08. The molecule has 1 N–H and O–H groups in total. The number of aromatic amines is 1. The van der Waals surface area contributed by atoms with E-state index in [1.165, 1.54) is 12.7 Å². The predicted molar refractivity (Wildman–Crippen MR) is 78.2 cm³/mol. The van der Waals surface area contributed by atoms with Gasteiger partial charge in [0, 0.05) is 30.5 Å². The summed E-state index contributed by atoms with van der Waals surface area (Å²) in [7, 11) is 1.41. The van der Waals surface area contributed by atoms with Crippen LogP contribution in [0.4, 0.5) is 0 Å². The highest BCUT2D eigenvalue weighted by Crippen LogP contribution is 2.36. The lowest BCUT2D eigenvalue weighted by Gasteiger charge is -2.25. The molecule has 1 fully saturated rings. The summed E-state index contributed by atoms with van der Waals surface area (Å²) < 4.78 is 10.4. The standard InChI is InChI=1S/C16H18N2O3/c1-20-16(19)14-4-2-3-13(11-5-7-21-8-6-11)15(14)12-9-17-18-10-12/h2-4,9-11H,5-8H2,1H3,(H,17,18). The molecule has 0 bridgehead atoms. The van der Waals surface area contributed by atoms with E-state index in [0.717, 1.165) is 37.2 Å². The minimum atomic E-state index is -0.319. The van der Waals surface area contributed by atoms with Gasteiger partial charge in [0.1, 0.15) is 0 Å². The largest absolute Gasteiger partial charge is 0.465 e. The van der Waals surface area contributed by atoms with Crippen LogP contribution in [0.3, 0.4) is 0 Å². The molecule has 0 spiro atoms. The predicted octanol–water partition coefficient (Wildman–Crippen LogP) is 2.76. The third-order valence-corrected chi connectivity index (χ3v) is 3.95. The number of carbonyl (C=O) groups is 1. The number of benzene rings is 1. The van der Waals surface area contributed by atoms with Crippen LogP contribution in [0.2, 0.25) is 0 Å². The van der Waals surface area contributed by atoms with Crippen LogP contribution >= 0.6 is 0 Å². The Morgan fingerprint density at radius 3 is 2.86 bits per heavy atom. The van der Waals surface area contributed by atoms with Crippen LogP contribution in [-0.2, 0) is 9.47 Å². The van der Waals surface area contributed by atoms with Gasteiger partial charge in [-0.25, -0.2) is 4.79 Å². The number of ether oxygens (including phenoxy) is 2. The Kier molecular flexibility index (Phi) is 4.01. The van der Waals surface area contributed by atoms with E-state index in [4.69, 9.17) is 9.47 Å². The number of methoxy groups -OCH3 is 1. The highest BCUT2D eigenvalue weighted by atomic mass is 16.5. The van der Waals surface area contributed by atoms with Gasteiger partial charge in [0.05, 0.1) is 18.9 Å². The van der Waals surface area contributed by atoms with Gasteiger partial charge in [-0.2, -0.15) is 5.10 Å². The Bertz CT molecular complexity index is 616. The molecule has 5 heteroatoms. The lowest BCUT2D eigenvalue weighted by atomic mass is 9.84. The van der Waals surface area contributed by atoms with Gasteiger partial charge in [0.15, 0.2) is 0 Å². The first-order chi connectivity index (χ1) is 10.3. The van der Waals surface area contributed by atoms with E-state index in [9.17, 15) is 4.79 Å². The van der Waals surface area contributed by atoms with Crippen molar-refractivity contribution in [1.29, 1.82) is 0 Å². The molecule has 0 atom stereocenters. The smallest absolute Gasteiger partial charge is 0.338 e. The zero-order valence-corrected chi connectivity index (χ0v) is 12.0. The topological polar surface area (TPSA) is 64.2 Å². The number of hydrogen-bond acceptors (Lipinski definition) is 4. The molecule has 2 heterocycles. The van der Waals surface area contributed by atoms with Crippen LogP contribution in [0.1, 0.15) is 34.7 Å². The summed E-state index contributed by atoms with van der Waals surface area (Å²) in [5.41, 5.74) is 3.59. The number of H-pyrrole nitrogens is 1. The number of rotatable bonds is 3.